The van der Waals surface area contributed by atoms with Crippen LogP contribution in [0.15, 0.2) is 47.5 Å². The maximum Gasteiger partial charge on any atom is 0.257 e. The first-order valence-electron chi connectivity index (χ1n) is 6.01. The van der Waals surface area contributed by atoms with Gasteiger partial charge >= 0.3 is 0 Å². The molecule has 100 valence electrons. The van der Waals surface area contributed by atoms with Gasteiger partial charge in [-0.25, -0.2) is 4.98 Å². The zero-order chi connectivity index (χ0) is 14.1. The number of anilines is 1. The van der Waals surface area contributed by atoms with Crippen molar-refractivity contribution in [3.8, 4) is 0 Å². The summed E-state index contributed by atoms with van der Waals surface area (Å²) in [6.45, 7) is 1.96. The van der Waals surface area contributed by atoms with Crippen molar-refractivity contribution in [2.24, 2.45) is 0 Å². The Morgan fingerprint density at radius 1 is 1.35 bits per heavy atom. The third-order valence-electron chi connectivity index (χ3n) is 2.98. The van der Waals surface area contributed by atoms with Crippen LogP contribution in [0.3, 0.4) is 0 Å². The Balaban J connectivity index is 1.91. The summed E-state index contributed by atoms with van der Waals surface area (Å²) in [6, 6.07) is 7.13. The van der Waals surface area contributed by atoms with Gasteiger partial charge in [0.1, 0.15) is 10.3 Å². The molecule has 5 nitrogen and oxygen atoms in total. The van der Waals surface area contributed by atoms with Crippen molar-refractivity contribution in [1.82, 2.24) is 14.4 Å². The summed E-state index contributed by atoms with van der Waals surface area (Å²) in [7, 11) is 0. The first-order valence-corrected chi connectivity index (χ1v) is 6.80. The second-order valence-corrected chi connectivity index (χ2v) is 5.08. The van der Waals surface area contributed by atoms with Crippen LogP contribution in [0.5, 0.6) is 0 Å². The number of aromatic nitrogens is 3. The number of rotatable bonds is 2. The summed E-state index contributed by atoms with van der Waals surface area (Å²) in [5.41, 5.74) is 3.04. The lowest BCUT2D eigenvalue weighted by atomic mass is 10.2. The quantitative estimate of drug-likeness (QED) is 0.785. The summed E-state index contributed by atoms with van der Waals surface area (Å²) in [5.74, 6) is -0.186. The second-order valence-electron chi connectivity index (χ2n) is 4.33. The number of carbonyl (C=O) groups excluding carboxylic acids is 1. The number of nitrogens with zero attached hydrogens (tertiary/aromatic N) is 3. The summed E-state index contributed by atoms with van der Waals surface area (Å²) in [4.78, 5) is 20.3. The fourth-order valence-corrected chi connectivity index (χ4v) is 2.28. The van der Waals surface area contributed by atoms with Gasteiger partial charge in [-0.1, -0.05) is 0 Å². The third kappa shape index (κ3) is 2.30. The average Bonchev–Trinajstić information content (AvgIpc) is 2.75. The van der Waals surface area contributed by atoms with Crippen LogP contribution in [0, 0.1) is 6.92 Å². The topological polar surface area (TPSA) is 59.3 Å². The molecule has 0 aliphatic heterocycles. The van der Waals surface area contributed by atoms with Gasteiger partial charge < -0.3 is 9.72 Å². The van der Waals surface area contributed by atoms with E-state index in [4.69, 9.17) is 0 Å². The standard InChI is InChI=1S/C14H11BrN4O/c1-9-13(15)18-12-5-4-11(8-19(9)12)17-14(20)10-3-2-6-16-7-10/h2-8H,1H3,(H,17,20). The minimum atomic E-state index is -0.186. The summed E-state index contributed by atoms with van der Waals surface area (Å²) in [6.07, 6.45) is 5.01. The van der Waals surface area contributed by atoms with Gasteiger partial charge in [0.15, 0.2) is 0 Å². The lowest BCUT2D eigenvalue weighted by molar-refractivity contribution is 0.102. The smallest absolute Gasteiger partial charge is 0.257 e. The van der Waals surface area contributed by atoms with E-state index in [1.807, 2.05) is 29.7 Å². The summed E-state index contributed by atoms with van der Waals surface area (Å²) < 4.78 is 2.72. The van der Waals surface area contributed by atoms with E-state index in [1.165, 1.54) is 6.20 Å². The number of carbonyl (C=O) groups is 1. The fourth-order valence-electron chi connectivity index (χ4n) is 1.91. The number of amides is 1. The second kappa shape index (κ2) is 5.05. The Hall–Kier alpha value is -2.21. The summed E-state index contributed by atoms with van der Waals surface area (Å²) >= 11 is 3.39. The van der Waals surface area contributed by atoms with E-state index in [2.05, 4.69) is 31.2 Å². The maximum atomic E-state index is 12.1. The number of halogens is 1. The lowest BCUT2D eigenvalue weighted by Gasteiger charge is -2.06. The average molecular weight is 331 g/mol. The van der Waals surface area contributed by atoms with Crippen LogP contribution in [0.4, 0.5) is 5.69 Å². The van der Waals surface area contributed by atoms with Crippen molar-refractivity contribution in [2.75, 3.05) is 5.32 Å². The van der Waals surface area contributed by atoms with E-state index in [9.17, 15) is 4.79 Å². The first kappa shape index (κ1) is 12.8. The molecule has 0 aliphatic rings. The molecule has 3 heterocycles. The molecule has 0 atom stereocenters. The molecule has 20 heavy (non-hydrogen) atoms. The van der Waals surface area contributed by atoms with Gasteiger partial charge in [0.25, 0.3) is 5.91 Å². The van der Waals surface area contributed by atoms with Gasteiger partial charge in [0.2, 0.25) is 0 Å². The van der Waals surface area contributed by atoms with E-state index in [0.29, 0.717) is 11.3 Å². The van der Waals surface area contributed by atoms with Crippen LogP contribution < -0.4 is 5.32 Å². The molecule has 0 saturated carbocycles. The van der Waals surface area contributed by atoms with Crippen molar-refractivity contribution < 1.29 is 4.79 Å². The molecule has 0 saturated heterocycles. The number of hydrogen-bond donors (Lipinski definition) is 1. The predicted octanol–water partition coefficient (Wildman–Crippen LogP) is 3.05. The zero-order valence-corrected chi connectivity index (χ0v) is 12.3. The highest BCUT2D eigenvalue weighted by molar-refractivity contribution is 9.10. The van der Waals surface area contributed by atoms with Crippen LogP contribution in [0.25, 0.3) is 5.65 Å². The first-order chi connectivity index (χ1) is 9.65. The molecule has 1 amide bonds. The fraction of sp³-hybridized carbons (Fsp3) is 0.0714. The molecular weight excluding hydrogens is 320 g/mol. The van der Waals surface area contributed by atoms with Gasteiger partial charge in [-0.3, -0.25) is 9.78 Å². The molecule has 0 aromatic carbocycles. The highest BCUT2D eigenvalue weighted by Crippen LogP contribution is 2.19. The molecular formula is C14H11BrN4O. The summed E-state index contributed by atoms with van der Waals surface area (Å²) in [5, 5.41) is 2.84. The number of imidazole rings is 1. The minimum absolute atomic E-state index is 0.186. The number of pyridine rings is 2. The molecule has 0 aliphatic carbocycles. The van der Waals surface area contributed by atoms with Gasteiger partial charge in [-0.2, -0.15) is 0 Å². The molecule has 0 unspecified atom stereocenters. The van der Waals surface area contributed by atoms with Crippen LogP contribution in [-0.4, -0.2) is 20.3 Å². The Labute approximate surface area is 123 Å². The molecule has 3 aromatic heterocycles. The van der Waals surface area contributed by atoms with Gasteiger partial charge in [0, 0.05) is 18.6 Å². The van der Waals surface area contributed by atoms with E-state index in [1.54, 1.807) is 18.3 Å². The van der Waals surface area contributed by atoms with E-state index in [0.717, 1.165) is 15.9 Å². The van der Waals surface area contributed by atoms with E-state index < -0.39 is 0 Å². The monoisotopic (exact) mass is 330 g/mol. The van der Waals surface area contributed by atoms with Crippen molar-refractivity contribution in [3.05, 3.63) is 58.7 Å². The van der Waals surface area contributed by atoms with Gasteiger partial charge in [-0.15, -0.1) is 0 Å². The largest absolute Gasteiger partial charge is 0.321 e. The number of nitrogens with one attached hydrogen (secondary N) is 1. The third-order valence-corrected chi connectivity index (χ3v) is 3.73. The molecule has 0 bridgehead atoms. The van der Waals surface area contributed by atoms with Crippen molar-refractivity contribution in [1.29, 1.82) is 0 Å². The van der Waals surface area contributed by atoms with E-state index in [-0.39, 0.29) is 5.91 Å². The Morgan fingerprint density at radius 3 is 2.95 bits per heavy atom. The number of fused-ring (bicyclic) bond motifs is 1. The predicted molar refractivity (Wildman–Crippen MR) is 79.8 cm³/mol. The van der Waals surface area contributed by atoms with Crippen LogP contribution in [0.1, 0.15) is 16.1 Å². The minimum Gasteiger partial charge on any atom is -0.321 e. The number of aryl methyl sites for hydroxylation is 1. The molecule has 3 rings (SSSR count). The molecule has 6 heteroatoms. The van der Waals surface area contributed by atoms with Crippen molar-refractivity contribution in [3.63, 3.8) is 0 Å². The molecule has 0 radical (unpaired) electrons. The SMILES string of the molecule is Cc1c(Br)nc2ccc(NC(=O)c3cccnc3)cn12. The Kier molecular flexibility index (Phi) is 3.23. The lowest BCUT2D eigenvalue weighted by Crippen LogP contribution is -2.12. The number of hydrogen-bond acceptors (Lipinski definition) is 3. The van der Waals surface area contributed by atoms with Crippen molar-refractivity contribution >= 4 is 33.2 Å². The van der Waals surface area contributed by atoms with Crippen LogP contribution in [0.2, 0.25) is 0 Å². The zero-order valence-electron chi connectivity index (χ0n) is 10.7. The normalized spacial score (nSPS) is 10.7. The van der Waals surface area contributed by atoms with E-state index >= 15 is 0 Å². The molecule has 3 aromatic rings. The van der Waals surface area contributed by atoms with Gasteiger partial charge in [-0.05, 0) is 47.1 Å². The van der Waals surface area contributed by atoms with Crippen molar-refractivity contribution in [2.45, 2.75) is 6.92 Å². The maximum absolute atomic E-state index is 12.1. The van der Waals surface area contributed by atoms with Crippen LogP contribution in [-0.2, 0) is 0 Å². The highest BCUT2D eigenvalue weighted by Gasteiger charge is 2.09. The highest BCUT2D eigenvalue weighted by atomic mass is 79.9. The Morgan fingerprint density at radius 2 is 2.20 bits per heavy atom. The molecule has 0 spiro atoms. The van der Waals surface area contributed by atoms with Crippen LogP contribution >= 0.6 is 15.9 Å². The molecule has 0 fully saturated rings. The van der Waals surface area contributed by atoms with Gasteiger partial charge in [0.05, 0.1) is 16.9 Å². The molecule has 1 N–H and O–H groups in total. The Bertz CT molecular complexity index is 782.